The molecule has 18 atom stereocenters. The summed E-state index contributed by atoms with van der Waals surface area (Å²) in [6, 6.07) is -2.61. The minimum absolute atomic E-state index is 0.202. The maximum atomic E-state index is 13.3. The first kappa shape index (κ1) is 74.7. The van der Waals surface area contributed by atoms with Crippen LogP contribution < -0.4 is 10.6 Å². The van der Waals surface area contributed by atoms with Crippen molar-refractivity contribution in [2.45, 2.75) is 323 Å². The van der Waals surface area contributed by atoms with Crippen molar-refractivity contribution in [3.8, 4) is 0 Å². The molecule has 0 radical (unpaired) electrons. The van der Waals surface area contributed by atoms with E-state index >= 15 is 0 Å². The van der Waals surface area contributed by atoms with E-state index in [2.05, 4.69) is 24.5 Å². The van der Waals surface area contributed by atoms with Gasteiger partial charge in [0.25, 0.3) is 5.79 Å². The number of unbranched alkanes of at least 4 members (excludes halogenated alkanes) is 26. The molecular weight excluding hydrogens is 1080 g/mol. The highest BCUT2D eigenvalue weighted by Crippen LogP contribution is 2.38. The lowest BCUT2D eigenvalue weighted by Crippen LogP contribution is -2.70. The molecule has 3 aliphatic heterocycles. The highest BCUT2D eigenvalue weighted by atomic mass is 16.8. The molecular formula is C60H110N2O21. The Morgan fingerprint density at radius 3 is 1.60 bits per heavy atom. The van der Waals surface area contributed by atoms with Crippen LogP contribution in [-0.2, 0) is 42.8 Å². The fourth-order valence-corrected chi connectivity index (χ4v) is 11.1. The number of hydrogen-bond donors (Lipinski definition) is 14. The van der Waals surface area contributed by atoms with E-state index in [4.69, 9.17) is 28.4 Å². The van der Waals surface area contributed by atoms with Crippen LogP contribution in [0.4, 0.5) is 0 Å². The van der Waals surface area contributed by atoms with Gasteiger partial charge in [0.05, 0.1) is 50.7 Å². The molecule has 3 rings (SSSR count). The number of aliphatic hydroxyl groups is 11. The average Bonchev–Trinajstić information content (AvgIpc) is 2.07. The summed E-state index contributed by atoms with van der Waals surface area (Å²) in [6.07, 6.45) is 7.24. The van der Waals surface area contributed by atoms with E-state index in [0.717, 1.165) is 51.9 Å². The van der Waals surface area contributed by atoms with Gasteiger partial charge in [-0.1, -0.05) is 187 Å². The molecule has 0 aromatic rings. The van der Waals surface area contributed by atoms with Crippen molar-refractivity contribution >= 4 is 17.8 Å². The number of carboxylic acid groups (broad SMARTS) is 1. The second kappa shape index (κ2) is 42.4. The number of carbonyl (C=O) groups excluding carboxylic acids is 2. The minimum atomic E-state index is -3.08. The summed E-state index contributed by atoms with van der Waals surface area (Å²) in [5.41, 5.74) is 0. The molecule has 0 saturated carbocycles. The molecule has 14 N–H and O–H groups in total. The van der Waals surface area contributed by atoms with Crippen molar-refractivity contribution in [3.63, 3.8) is 0 Å². The van der Waals surface area contributed by atoms with Crippen LogP contribution in [0.3, 0.4) is 0 Å². The van der Waals surface area contributed by atoms with Gasteiger partial charge in [-0.2, -0.15) is 0 Å². The summed E-state index contributed by atoms with van der Waals surface area (Å²) in [4.78, 5) is 38.3. The quantitative estimate of drug-likeness (QED) is 0.0306. The smallest absolute Gasteiger partial charge is 0.364 e. The van der Waals surface area contributed by atoms with Gasteiger partial charge in [0, 0.05) is 19.8 Å². The zero-order valence-electron chi connectivity index (χ0n) is 50.1. The highest BCUT2D eigenvalue weighted by Gasteiger charge is 2.60. The Labute approximate surface area is 492 Å². The number of nitrogens with one attached hydrogen (secondary N) is 2. The van der Waals surface area contributed by atoms with Gasteiger partial charge in [-0.15, -0.1) is 0 Å². The van der Waals surface area contributed by atoms with E-state index < -0.39 is 155 Å². The van der Waals surface area contributed by atoms with E-state index in [-0.39, 0.29) is 12.3 Å². The first-order chi connectivity index (χ1) is 39.9. The molecule has 83 heavy (non-hydrogen) atoms. The number of carboxylic acids is 1. The molecule has 0 aromatic heterocycles. The summed E-state index contributed by atoms with van der Waals surface area (Å²) < 4.78 is 34.7. The Kier molecular flexibility index (Phi) is 38.1. The third-order valence-electron chi connectivity index (χ3n) is 16.2. The van der Waals surface area contributed by atoms with Crippen LogP contribution in [0.2, 0.25) is 0 Å². The van der Waals surface area contributed by atoms with Crippen LogP contribution >= 0.6 is 0 Å². The molecule has 18 unspecified atom stereocenters. The Balaban J connectivity index is 1.63. The second-order valence-corrected chi connectivity index (χ2v) is 23.3. The third-order valence-corrected chi connectivity index (χ3v) is 16.2. The molecule has 486 valence electrons. The molecule has 3 fully saturated rings. The predicted octanol–water partition coefficient (Wildman–Crippen LogP) is 3.56. The van der Waals surface area contributed by atoms with Crippen molar-refractivity contribution in [2.24, 2.45) is 0 Å². The van der Waals surface area contributed by atoms with E-state index in [1.165, 1.54) is 122 Å². The zero-order valence-corrected chi connectivity index (χ0v) is 50.1. The molecule has 23 nitrogen and oxygen atoms in total. The molecule has 0 spiro atoms. The fourth-order valence-electron chi connectivity index (χ4n) is 11.1. The molecule has 0 aliphatic carbocycles. The Hall–Kier alpha value is -2.53. The van der Waals surface area contributed by atoms with Gasteiger partial charge in [-0.3, -0.25) is 9.59 Å². The molecule has 0 aromatic carbocycles. The number of amides is 2. The topological polar surface area (TPSA) is 373 Å². The molecule has 2 amide bonds. The van der Waals surface area contributed by atoms with Crippen molar-refractivity contribution in [3.05, 3.63) is 12.2 Å². The summed E-state index contributed by atoms with van der Waals surface area (Å²) in [6.45, 7) is 2.08. The van der Waals surface area contributed by atoms with Crippen LogP contribution in [0.5, 0.6) is 0 Å². The van der Waals surface area contributed by atoms with Crippen LogP contribution in [0.1, 0.15) is 213 Å². The molecule has 3 saturated heterocycles. The summed E-state index contributed by atoms with van der Waals surface area (Å²) in [5.74, 6) is -6.14. The normalized spacial score (nSPS) is 30.0. The molecule has 3 aliphatic rings. The standard InChI is InChI=1S/C60H110N2O21/c1-4-6-8-10-12-14-15-16-17-18-19-20-21-22-23-24-26-27-29-31-33-42(67)41(62-47(70)34-32-30-28-25-13-11-9-7-5-2)39-78-57-52(74)51(73)54(46(38-65)80-57)81-58-53(75)56(50(72)45(37-64)79-58)83-60(59(76)77)35-43(68)48(61-40(3)66)55(82-60)49(71)44(69)36-63/h31,33,41-46,48-58,63-65,67-69,71-75H,4-30,32,34-39H2,1-3H3,(H,61,66)(H,62,70)(H,76,77)/b33-31+. The van der Waals surface area contributed by atoms with Crippen LogP contribution in [0.15, 0.2) is 12.2 Å². The third kappa shape index (κ3) is 26.4. The van der Waals surface area contributed by atoms with Gasteiger partial charge in [-0.25, -0.2) is 4.79 Å². The number of rotatable bonds is 46. The average molecular weight is 1200 g/mol. The van der Waals surface area contributed by atoms with Crippen molar-refractivity contribution in [1.82, 2.24) is 10.6 Å². The number of ether oxygens (including phenoxy) is 6. The summed E-state index contributed by atoms with van der Waals surface area (Å²) in [7, 11) is 0. The molecule has 23 heteroatoms. The van der Waals surface area contributed by atoms with Gasteiger partial charge in [0.2, 0.25) is 11.8 Å². The van der Waals surface area contributed by atoms with Crippen LogP contribution in [0.25, 0.3) is 0 Å². The van der Waals surface area contributed by atoms with Gasteiger partial charge < -0.3 is 100 Å². The van der Waals surface area contributed by atoms with E-state index in [9.17, 15) is 75.7 Å². The van der Waals surface area contributed by atoms with Gasteiger partial charge in [-0.05, 0) is 19.3 Å². The van der Waals surface area contributed by atoms with E-state index in [1.807, 2.05) is 6.08 Å². The van der Waals surface area contributed by atoms with Gasteiger partial charge in [0.1, 0.15) is 67.1 Å². The Bertz CT molecular complexity index is 1750. The van der Waals surface area contributed by atoms with Crippen molar-refractivity contribution in [1.29, 1.82) is 0 Å². The number of allylic oxidation sites excluding steroid dienone is 1. The Morgan fingerprint density at radius 2 is 1.12 bits per heavy atom. The predicted molar refractivity (Wildman–Crippen MR) is 306 cm³/mol. The van der Waals surface area contributed by atoms with Gasteiger partial charge >= 0.3 is 5.97 Å². The van der Waals surface area contributed by atoms with Crippen LogP contribution in [-0.4, -0.2) is 215 Å². The minimum Gasteiger partial charge on any atom is -0.477 e. The first-order valence-corrected chi connectivity index (χ1v) is 31.6. The SMILES string of the molecule is CCCCCCCCCCCCCCCCCCCC/C=C/C(O)C(COC1OC(CO)C(OC2OC(CO)C(O)C(OC3(C(=O)O)CC(O)C(NC(C)=O)C(C(O)C(O)CO)O3)C2O)C(O)C1O)NC(=O)CCCCCCCCCCC. The highest BCUT2D eigenvalue weighted by molar-refractivity contribution is 5.77. The number of aliphatic hydroxyl groups excluding tert-OH is 11. The van der Waals surface area contributed by atoms with E-state index in [1.54, 1.807) is 6.08 Å². The lowest BCUT2D eigenvalue weighted by molar-refractivity contribution is -0.386. The van der Waals surface area contributed by atoms with Crippen LogP contribution in [0, 0.1) is 0 Å². The number of aliphatic carboxylic acids is 1. The summed E-state index contributed by atoms with van der Waals surface area (Å²) >= 11 is 0. The number of carbonyl (C=O) groups is 3. The maximum Gasteiger partial charge on any atom is 0.364 e. The largest absolute Gasteiger partial charge is 0.477 e. The monoisotopic (exact) mass is 1190 g/mol. The zero-order chi connectivity index (χ0) is 61.2. The lowest BCUT2D eigenvalue weighted by atomic mass is 9.88. The summed E-state index contributed by atoms with van der Waals surface area (Å²) in [5, 5.41) is 135. The van der Waals surface area contributed by atoms with Crippen molar-refractivity contribution in [2.75, 3.05) is 26.4 Å². The fraction of sp³-hybridized carbons (Fsp3) is 0.917. The van der Waals surface area contributed by atoms with Crippen molar-refractivity contribution < 1.29 is 104 Å². The lowest BCUT2D eigenvalue weighted by Gasteiger charge is -2.50. The van der Waals surface area contributed by atoms with Gasteiger partial charge in [0.15, 0.2) is 12.6 Å². The molecule has 0 bridgehead atoms. The molecule has 3 heterocycles. The first-order valence-electron chi connectivity index (χ1n) is 31.6. The maximum absolute atomic E-state index is 13.3. The number of hydrogen-bond acceptors (Lipinski definition) is 20. The Morgan fingerprint density at radius 1 is 0.627 bits per heavy atom. The second-order valence-electron chi connectivity index (χ2n) is 23.3. The van der Waals surface area contributed by atoms with E-state index in [0.29, 0.717) is 12.8 Å².